The molecule has 1 nitrogen and oxygen atoms in total. The van der Waals surface area contributed by atoms with Crippen LogP contribution in [0.4, 0.5) is 5.69 Å². The SMILES string of the molecule is CCCCCC(C)Nc1cc(Br)ccc1Br. The average molecular weight is 349 g/mol. The second-order valence-electron chi connectivity index (χ2n) is 4.17. The molecule has 0 saturated carbocycles. The van der Waals surface area contributed by atoms with Crippen LogP contribution in [0.2, 0.25) is 0 Å². The van der Waals surface area contributed by atoms with Crippen LogP contribution in [0, 0.1) is 0 Å². The molecule has 3 heteroatoms. The molecular formula is C13H19Br2N. The molecule has 1 atom stereocenters. The minimum atomic E-state index is 0.525. The van der Waals surface area contributed by atoms with Crippen molar-refractivity contribution < 1.29 is 0 Å². The van der Waals surface area contributed by atoms with Gasteiger partial charge in [0.05, 0.1) is 0 Å². The van der Waals surface area contributed by atoms with Gasteiger partial charge in [-0.3, -0.25) is 0 Å². The number of halogens is 2. The van der Waals surface area contributed by atoms with Crippen molar-refractivity contribution in [3.8, 4) is 0 Å². The van der Waals surface area contributed by atoms with Crippen LogP contribution < -0.4 is 5.32 Å². The molecule has 0 amide bonds. The van der Waals surface area contributed by atoms with Gasteiger partial charge in [-0.25, -0.2) is 0 Å². The zero-order valence-electron chi connectivity index (χ0n) is 9.89. The van der Waals surface area contributed by atoms with Crippen LogP contribution in [0.1, 0.15) is 39.5 Å². The van der Waals surface area contributed by atoms with E-state index in [4.69, 9.17) is 0 Å². The van der Waals surface area contributed by atoms with Crippen molar-refractivity contribution in [1.29, 1.82) is 0 Å². The standard InChI is InChI=1S/C13H19Br2N/c1-3-4-5-6-10(2)16-13-9-11(14)7-8-12(13)15/h7-10,16H,3-6H2,1-2H3. The second-order valence-corrected chi connectivity index (χ2v) is 5.94. The van der Waals surface area contributed by atoms with Crippen molar-refractivity contribution in [2.45, 2.75) is 45.6 Å². The molecule has 0 heterocycles. The van der Waals surface area contributed by atoms with Crippen LogP contribution in [0.5, 0.6) is 0 Å². The largest absolute Gasteiger partial charge is 0.382 e. The Hall–Kier alpha value is -0.0200. The van der Waals surface area contributed by atoms with Gasteiger partial charge in [0.1, 0.15) is 0 Å². The molecule has 0 bridgehead atoms. The zero-order valence-corrected chi connectivity index (χ0v) is 13.1. The van der Waals surface area contributed by atoms with Crippen LogP contribution >= 0.6 is 31.9 Å². The number of nitrogens with one attached hydrogen (secondary N) is 1. The van der Waals surface area contributed by atoms with Gasteiger partial charge in [-0.15, -0.1) is 0 Å². The van der Waals surface area contributed by atoms with Gasteiger partial charge in [-0.1, -0.05) is 42.1 Å². The quantitative estimate of drug-likeness (QED) is 0.660. The summed E-state index contributed by atoms with van der Waals surface area (Å²) < 4.78 is 2.23. The maximum Gasteiger partial charge on any atom is 0.0497 e. The summed E-state index contributed by atoms with van der Waals surface area (Å²) in [6.07, 6.45) is 5.14. The van der Waals surface area contributed by atoms with Gasteiger partial charge in [0.25, 0.3) is 0 Å². The smallest absolute Gasteiger partial charge is 0.0497 e. The van der Waals surface area contributed by atoms with Crippen LogP contribution in [0.15, 0.2) is 27.1 Å². The first-order chi connectivity index (χ1) is 7.63. The minimum Gasteiger partial charge on any atom is -0.382 e. The van der Waals surface area contributed by atoms with Crippen LogP contribution in [-0.2, 0) is 0 Å². The number of benzene rings is 1. The Morgan fingerprint density at radius 1 is 1.25 bits per heavy atom. The fraction of sp³-hybridized carbons (Fsp3) is 0.538. The molecule has 0 aliphatic rings. The Bertz CT molecular complexity index is 326. The average Bonchev–Trinajstić information content (AvgIpc) is 2.24. The number of rotatable bonds is 6. The van der Waals surface area contributed by atoms with E-state index in [1.54, 1.807) is 0 Å². The summed E-state index contributed by atoms with van der Waals surface area (Å²) in [4.78, 5) is 0. The van der Waals surface area contributed by atoms with Crippen LogP contribution in [0.3, 0.4) is 0 Å². The highest BCUT2D eigenvalue weighted by molar-refractivity contribution is 9.11. The molecule has 0 aromatic heterocycles. The molecule has 16 heavy (non-hydrogen) atoms. The van der Waals surface area contributed by atoms with Gasteiger partial charge in [0, 0.05) is 20.7 Å². The fourth-order valence-corrected chi connectivity index (χ4v) is 2.37. The van der Waals surface area contributed by atoms with E-state index in [1.807, 2.05) is 6.07 Å². The molecule has 1 unspecified atom stereocenters. The lowest BCUT2D eigenvalue weighted by Gasteiger charge is -2.16. The molecule has 1 rings (SSSR count). The van der Waals surface area contributed by atoms with Crippen LogP contribution in [0.25, 0.3) is 0 Å². The summed E-state index contributed by atoms with van der Waals surface area (Å²) in [7, 11) is 0. The van der Waals surface area contributed by atoms with E-state index in [0.29, 0.717) is 6.04 Å². The third-order valence-electron chi connectivity index (χ3n) is 2.57. The van der Waals surface area contributed by atoms with Gasteiger partial charge in [0.15, 0.2) is 0 Å². The molecule has 0 aliphatic heterocycles. The van der Waals surface area contributed by atoms with Crippen molar-refractivity contribution in [2.24, 2.45) is 0 Å². The first-order valence-corrected chi connectivity index (χ1v) is 7.43. The van der Waals surface area contributed by atoms with Gasteiger partial charge < -0.3 is 5.32 Å². The van der Waals surface area contributed by atoms with E-state index in [1.165, 1.54) is 31.4 Å². The predicted octanol–water partition coefficient (Wildman–Crippen LogP) is 5.59. The molecule has 0 fully saturated rings. The third kappa shape index (κ3) is 4.88. The maximum atomic E-state index is 3.56. The van der Waals surface area contributed by atoms with Crippen molar-refractivity contribution in [3.63, 3.8) is 0 Å². The molecule has 1 aromatic carbocycles. The Balaban J connectivity index is 2.48. The lowest BCUT2D eigenvalue weighted by molar-refractivity contribution is 0.615. The predicted molar refractivity (Wildman–Crippen MR) is 79.1 cm³/mol. The topological polar surface area (TPSA) is 12.0 Å². The molecular weight excluding hydrogens is 330 g/mol. The molecule has 0 saturated heterocycles. The summed E-state index contributed by atoms with van der Waals surface area (Å²) in [5.41, 5.74) is 1.17. The maximum absolute atomic E-state index is 3.56. The van der Waals surface area contributed by atoms with Gasteiger partial charge in [-0.05, 0) is 47.5 Å². The number of anilines is 1. The van der Waals surface area contributed by atoms with Crippen molar-refractivity contribution in [2.75, 3.05) is 5.32 Å². The Labute approximate surface area is 115 Å². The molecule has 1 aromatic rings. The molecule has 0 aliphatic carbocycles. The summed E-state index contributed by atoms with van der Waals surface area (Å²) >= 11 is 7.05. The van der Waals surface area contributed by atoms with E-state index in [-0.39, 0.29) is 0 Å². The van der Waals surface area contributed by atoms with E-state index < -0.39 is 0 Å². The normalized spacial score (nSPS) is 12.5. The highest BCUT2D eigenvalue weighted by atomic mass is 79.9. The van der Waals surface area contributed by atoms with Gasteiger partial charge >= 0.3 is 0 Å². The Kier molecular flexibility index (Phi) is 6.44. The van der Waals surface area contributed by atoms with E-state index in [0.717, 1.165) is 8.95 Å². The Morgan fingerprint density at radius 3 is 2.69 bits per heavy atom. The lowest BCUT2D eigenvalue weighted by atomic mass is 10.1. The second kappa shape index (κ2) is 7.33. The van der Waals surface area contributed by atoms with E-state index >= 15 is 0 Å². The number of hydrogen-bond donors (Lipinski definition) is 1. The highest BCUT2D eigenvalue weighted by Crippen LogP contribution is 2.27. The molecule has 90 valence electrons. The summed E-state index contributed by atoms with van der Waals surface area (Å²) in [6, 6.07) is 6.74. The Morgan fingerprint density at radius 2 is 2.00 bits per heavy atom. The van der Waals surface area contributed by atoms with E-state index in [2.05, 4.69) is 63.2 Å². The third-order valence-corrected chi connectivity index (χ3v) is 3.76. The number of hydrogen-bond acceptors (Lipinski definition) is 1. The fourth-order valence-electron chi connectivity index (χ4n) is 1.65. The monoisotopic (exact) mass is 347 g/mol. The minimum absolute atomic E-state index is 0.525. The highest BCUT2D eigenvalue weighted by Gasteiger charge is 2.05. The molecule has 0 radical (unpaired) electrons. The number of unbranched alkanes of at least 4 members (excludes halogenated alkanes) is 2. The summed E-state index contributed by atoms with van der Waals surface area (Å²) in [5.74, 6) is 0. The first kappa shape index (κ1) is 14.0. The van der Waals surface area contributed by atoms with Crippen LogP contribution in [-0.4, -0.2) is 6.04 Å². The van der Waals surface area contributed by atoms with Crippen molar-refractivity contribution in [3.05, 3.63) is 27.1 Å². The van der Waals surface area contributed by atoms with Gasteiger partial charge in [-0.2, -0.15) is 0 Å². The lowest BCUT2D eigenvalue weighted by Crippen LogP contribution is -2.15. The zero-order chi connectivity index (χ0) is 12.0. The molecule has 1 N–H and O–H groups in total. The van der Waals surface area contributed by atoms with Crippen molar-refractivity contribution in [1.82, 2.24) is 0 Å². The summed E-state index contributed by atoms with van der Waals surface area (Å²) in [6.45, 7) is 4.48. The van der Waals surface area contributed by atoms with Gasteiger partial charge in [0.2, 0.25) is 0 Å². The van der Waals surface area contributed by atoms with E-state index in [9.17, 15) is 0 Å². The summed E-state index contributed by atoms with van der Waals surface area (Å²) in [5, 5.41) is 3.53. The first-order valence-electron chi connectivity index (χ1n) is 5.85. The van der Waals surface area contributed by atoms with Crippen molar-refractivity contribution >= 4 is 37.5 Å². The molecule has 0 spiro atoms.